The fourth-order valence-electron chi connectivity index (χ4n) is 2.84. The molecule has 2 rings (SSSR count). The third-order valence-electron chi connectivity index (χ3n) is 4.69. The van der Waals surface area contributed by atoms with Gasteiger partial charge in [0.25, 0.3) is 0 Å². The molecule has 0 amide bonds. The Morgan fingerprint density at radius 1 is 1.19 bits per heavy atom. The van der Waals surface area contributed by atoms with Gasteiger partial charge in [-0.25, -0.2) is 0 Å². The third-order valence-corrected chi connectivity index (χ3v) is 4.69. The number of aromatic nitrogens is 2. The molecule has 0 atom stereocenters. The summed E-state index contributed by atoms with van der Waals surface area (Å²) in [6, 6.07) is 8.15. The van der Waals surface area contributed by atoms with Crippen molar-refractivity contribution in [3.63, 3.8) is 0 Å². The van der Waals surface area contributed by atoms with Crippen LogP contribution < -0.4 is 15.4 Å². The molecule has 6 nitrogen and oxygen atoms in total. The second kappa shape index (κ2) is 10.00. The normalized spacial score (nSPS) is 11.7. The second-order valence-electron chi connectivity index (χ2n) is 7.19. The van der Waals surface area contributed by atoms with Gasteiger partial charge in [0.1, 0.15) is 5.75 Å². The highest BCUT2D eigenvalue weighted by molar-refractivity contribution is 5.79. The quantitative estimate of drug-likeness (QED) is 0.552. The van der Waals surface area contributed by atoms with Gasteiger partial charge >= 0.3 is 0 Å². The van der Waals surface area contributed by atoms with Gasteiger partial charge in [-0.05, 0) is 32.3 Å². The Kier molecular flexibility index (Phi) is 7.70. The van der Waals surface area contributed by atoms with Crippen LogP contribution in [0.3, 0.4) is 0 Å². The van der Waals surface area contributed by atoms with Gasteiger partial charge in [-0.2, -0.15) is 5.10 Å². The van der Waals surface area contributed by atoms with E-state index in [0.717, 1.165) is 36.0 Å². The first-order valence-corrected chi connectivity index (χ1v) is 9.56. The number of hydrogen-bond acceptors (Lipinski definition) is 3. The number of para-hydroxylation sites is 1. The fourth-order valence-corrected chi connectivity index (χ4v) is 2.84. The van der Waals surface area contributed by atoms with Gasteiger partial charge < -0.3 is 15.4 Å². The maximum Gasteiger partial charge on any atom is 0.191 e. The van der Waals surface area contributed by atoms with E-state index in [1.165, 1.54) is 11.3 Å². The van der Waals surface area contributed by atoms with Crippen LogP contribution in [0.2, 0.25) is 0 Å². The van der Waals surface area contributed by atoms with E-state index >= 15 is 0 Å². The van der Waals surface area contributed by atoms with Crippen molar-refractivity contribution in [3.05, 3.63) is 46.8 Å². The van der Waals surface area contributed by atoms with E-state index in [2.05, 4.69) is 47.6 Å². The van der Waals surface area contributed by atoms with Crippen molar-refractivity contribution in [3.8, 4) is 5.75 Å². The molecule has 0 saturated heterocycles. The van der Waals surface area contributed by atoms with Crippen molar-refractivity contribution in [2.24, 2.45) is 18.0 Å². The van der Waals surface area contributed by atoms with E-state index in [4.69, 9.17) is 4.74 Å². The van der Waals surface area contributed by atoms with Gasteiger partial charge in [0.15, 0.2) is 5.96 Å². The zero-order chi connectivity index (χ0) is 19.8. The summed E-state index contributed by atoms with van der Waals surface area (Å²) in [6.07, 6.45) is 1.05. The van der Waals surface area contributed by atoms with Crippen LogP contribution in [0.4, 0.5) is 0 Å². The summed E-state index contributed by atoms with van der Waals surface area (Å²) in [5.41, 5.74) is 4.54. The minimum absolute atomic E-state index is 0.637. The molecule has 0 spiro atoms. The van der Waals surface area contributed by atoms with E-state index in [0.29, 0.717) is 19.0 Å². The maximum atomic E-state index is 5.97. The molecule has 6 heteroatoms. The van der Waals surface area contributed by atoms with Gasteiger partial charge in [0.2, 0.25) is 0 Å². The molecule has 148 valence electrons. The standard InChI is InChI=1S/C21H33N5O/c1-15(2)11-12-27-20-10-8-7-9-18(20)13-23-21(22-5)24-14-19-16(3)25-26(6)17(19)4/h7-10,15H,11-14H2,1-6H3,(H2,22,23,24). The van der Waals surface area contributed by atoms with Gasteiger partial charge in [-0.15, -0.1) is 0 Å². The van der Waals surface area contributed by atoms with Crippen LogP contribution in [0.25, 0.3) is 0 Å². The number of ether oxygens (including phenoxy) is 1. The Labute approximate surface area is 163 Å². The number of aryl methyl sites for hydroxylation is 2. The largest absolute Gasteiger partial charge is 0.493 e. The Morgan fingerprint density at radius 3 is 2.52 bits per heavy atom. The molecule has 0 fully saturated rings. The lowest BCUT2D eigenvalue weighted by atomic mass is 10.1. The van der Waals surface area contributed by atoms with Crippen molar-refractivity contribution in [2.75, 3.05) is 13.7 Å². The zero-order valence-electron chi connectivity index (χ0n) is 17.5. The van der Waals surface area contributed by atoms with E-state index in [9.17, 15) is 0 Å². The second-order valence-corrected chi connectivity index (χ2v) is 7.19. The first-order chi connectivity index (χ1) is 12.9. The van der Waals surface area contributed by atoms with Crippen LogP contribution in [0.1, 0.15) is 42.8 Å². The summed E-state index contributed by atoms with van der Waals surface area (Å²) in [6.45, 7) is 10.6. The average molecular weight is 372 g/mol. The average Bonchev–Trinajstić information content (AvgIpc) is 2.88. The van der Waals surface area contributed by atoms with Crippen molar-refractivity contribution in [2.45, 2.75) is 47.2 Å². The summed E-state index contributed by atoms with van der Waals surface area (Å²) in [5.74, 6) is 2.33. The molecule has 0 saturated carbocycles. The SMILES string of the molecule is CN=C(NCc1ccccc1OCCC(C)C)NCc1c(C)nn(C)c1C. The van der Waals surface area contributed by atoms with Crippen LogP contribution in [0.5, 0.6) is 5.75 Å². The van der Waals surface area contributed by atoms with Gasteiger partial charge in [-0.3, -0.25) is 9.67 Å². The van der Waals surface area contributed by atoms with Crippen LogP contribution in [0.15, 0.2) is 29.3 Å². The van der Waals surface area contributed by atoms with E-state index in [1.807, 2.05) is 36.9 Å². The topological polar surface area (TPSA) is 63.5 Å². The first-order valence-electron chi connectivity index (χ1n) is 9.56. The summed E-state index contributed by atoms with van der Waals surface area (Å²) < 4.78 is 7.88. The molecule has 1 aromatic carbocycles. The van der Waals surface area contributed by atoms with Gasteiger partial charge in [-0.1, -0.05) is 32.0 Å². The number of hydrogen-bond donors (Lipinski definition) is 2. The smallest absolute Gasteiger partial charge is 0.191 e. The molecule has 1 aromatic heterocycles. The predicted molar refractivity (Wildman–Crippen MR) is 111 cm³/mol. The van der Waals surface area contributed by atoms with E-state index in [-0.39, 0.29) is 0 Å². The Hall–Kier alpha value is -2.50. The third kappa shape index (κ3) is 6.01. The molecule has 2 aromatic rings. The highest BCUT2D eigenvalue weighted by Crippen LogP contribution is 2.18. The lowest BCUT2D eigenvalue weighted by molar-refractivity contribution is 0.286. The highest BCUT2D eigenvalue weighted by Gasteiger charge is 2.10. The molecule has 0 bridgehead atoms. The lowest BCUT2D eigenvalue weighted by Gasteiger charge is -2.15. The fraction of sp³-hybridized carbons (Fsp3) is 0.524. The van der Waals surface area contributed by atoms with Gasteiger partial charge in [0, 0.05) is 44.0 Å². The molecule has 0 aliphatic heterocycles. The molecule has 0 aliphatic rings. The summed E-state index contributed by atoms with van der Waals surface area (Å²) in [4.78, 5) is 4.33. The molecular formula is C21H33N5O. The maximum absolute atomic E-state index is 5.97. The summed E-state index contributed by atoms with van der Waals surface area (Å²) in [7, 11) is 3.75. The van der Waals surface area contributed by atoms with E-state index in [1.54, 1.807) is 7.05 Å². The molecule has 0 radical (unpaired) electrons. The Balaban J connectivity index is 1.92. The van der Waals surface area contributed by atoms with Crippen LogP contribution in [0, 0.1) is 19.8 Å². The minimum atomic E-state index is 0.637. The van der Waals surface area contributed by atoms with Crippen LogP contribution in [-0.4, -0.2) is 29.4 Å². The van der Waals surface area contributed by atoms with Crippen molar-refractivity contribution >= 4 is 5.96 Å². The highest BCUT2D eigenvalue weighted by atomic mass is 16.5. The summed E-state index contributed by atoms with van der Waals surface area (Å²) in [5, 5.41) is 11.2. The van der Waals surface area contributed by atoms with E-state index < -0.39 is 0 Å². The lowest BCUT2D eigenvalue weighted by Crippen LogP contribution is -2.36. The predicted octanol–water partition coefficient (Wildman–Crippen LogP) is 3.33. The Bertz CT molecular complexity index is 764. The molecule has 1 heterocycles. The minimum Gasteiger partial charge on any atom is -0.493 e. The molecule has 27 heavy (non-hydrogen) atoms. The molecule has 0 aliphatic carbocycles. The monoisotopic (exact) mass is 371 g/mol. The van der Waals surface area contributed by atoms with Crippen molar-refractivity contribution in [1.82, 2.24) is 20.4 Å². The number of rotatable bonds is 8. The summed E-state index contributed by atoms with van der Waals surface area (Å²) >= 11 is 0. The molecule has 2 N–H and O–H groups in total. The van der Waals surface area contributed by atoms with Crippen molar-refractivity contribution in [1.29, 1.82) is 0 Å². The number of benzene rings is 1. The first kappa shape index (κ1) is 20.8. The zero-order valence-corrected chi connectivity index (χ0v) is 17.5. The molecule has 0 unspecified atom stereocenters. The number of nitrogens with zero attached hydrogens (tertiary/aromatic N) is 3. The van der Waals surface area contributed by atoms with Gasteiger partial charge in [0.05, 0.1) is 12.3 Å². The number of guanidine groups is 1. The van der Waals surface area contributed by atoms with Crippen LogP contribution >= 0.6 is 0 Å². The number of aliphatic imine (C=N–C) groups is 1. The number of nitrogens with one attached hydrogen (secondary N) is 2. The molecular weight excluding hydrogens is 338 g/mol. The van der Waals surface area contributed by atoms with Crippen LogP contribution in [-0.2, 0) is 20.1 Å². The Morgan fingerprint density at radius 2 is 1.89 bits per heavy atom. The van der Waals surface area contributed by atoms with Crippen molar-refractivity contribution < 1.29 is 4.74 Å².